The molecule has 0 atom stereocenters. The molecule has 0 bridgehead atoms. The zero-order valence-electron chi connectivity index (χ0n) is 20.6. The molecule has 5 nitrogen and oxygen atoms in total. The van der Waals surface area contributed by atoms with Gasteiger partial charge < -0.3 is 19.2 Å². The molecule has 1 aromatic heterocycles. The topological polar surface area (TPSA) is 60.7 Å². The molecule has 0 saturated heterocycles. The molecule has 186 valence electrons. The molecule has 1 heterocycles. The van der Waals surface area contributed by atoms with Gasteiger partial charge in [0.15, 0.2) is 0 Å². The first-order valence-electron chi connectivity index (χ1n) is 11.7. The first kappa shape index (κ1) is 25.0. The molecule has 36 heavy (non-hydrogen) atoms. The molecule has 1 amide bonds. The van der Waals surface area contributed by atoms with Gasteiger partial charge in [-0.2, -0.15) is 0 Å². The molecule has 4 aromatic rings. The highest BCUT2D eigenvalue weighted by Gasteiger charge is 2.19. The fourth-order valence-electron chi connectivity index (χ4n) is 4.10. The molecule has 3 aromatic carbocycles. The standard InChI is InChI=1S/C29H27F2NO4/c1-5-34-21-10-7-19(8-11-21)24-16-36-29-18(4)28(35-6-2)22(15-23(24)29)17(3)13-27(33)32-26-14-20(30)9-12-25(26)31/h7-16H,5-6H2,1-4H3,(H,32,33)/b17-13+. The summed E-state index contributed by atoms with van der Waals surface area (Å²) in [6.07, 6.45) is 3.04. The summed E-state index contributed by atoms with van der Waals surface area (Å²) in [5.74, 6) is -0.577. The van der Waals surface area contributed by atoms with Gasteiger partial charge in [0, 0.05) is 34.2 Å². The zero-order chi connectivity index (χ0) is 25.8. The Hall–Kier alpha value is -4.13. The Labute approximate surface area is 208 Å². The first-order valence-corrected chi connectivity index (χ1v) is 11.7. The summed E-state index contributed by atoms with van der Waals surface area (Å²) in [6.45, 7) is 8.47. The molecule has 0 saturated carbocycles. The molecule has 0 fully saturated rings. The normalized spacial score (nSPS) is 11.6. The number of amides is 1. The van der Waals surface area contributed by atoms with E-state index in [1.165, 1.54) is 6.08 Å². The minimum absolute atomic E-state index is 0.228. The van der Waals surface area contributed by atoms with Gasteiger partial charge in [-0.1, -0.05) is 12.1 Å². The van der Waals surface area contributed by atoms with Gasteiger partial charge in [0.25, 0.3) is 0 Å². The van der Waals surface area contributed by atoms with E-state index in [1.807, 2.05) is 51.1 Å². The summed E-state index contributed by atoms with van der Waals surface area (Å²) >= 11 is 0. The number of rotatable bonds is 8. The molecular formula is C29H27F2NO4. The minimum Gasteiger partial charge on any atom is -0.494 e. The van der Waals surface area contributed by atoms with Gasteiger partial charge in [-0.05, 0) is 69.2 Å². The van der Waals surface area contributed by atoms with Crippen LogP contribution in [-0.4, -0.2) is 19.1 Å². The highest BCUT2D eigenvalue weighted by Crippen LogP contribution is 2.41. The SMILES string of the molecule is CCOc1ccc(-c2coc3c(C)c(OCC)c(/C(C)=C/C(=O)Nc4cc(F)ccc4F)cc23)cc1. The number of carbonyl (C=O) groups is 1. The van der Waals surface area contributed by atoms with Gasteiger partial charge in [0.05, 0.1) is 25.2 Å². The van der Waals surface area contributed by atoms with Crippen LogP contribution in [-0.2, 0) is 4.79 Å². The van der Waals surface area contributed by atoms with Crippen LogP contribution in [0.25, 0.3) is 27.7 Å². The van der Waals surface area contributed by atoms with Crippen molar-refractivity contribution in [2.75, 3.05) is 18.5 Å². The lowest BCUT2D eigenvalue weighted by molar-refractivity contribution is -0.111. The zero-order valence-corrected chi connectivity index (χ0v) is 20.6. The third-order valence-corrected chi connectivity index (χ3v) is 5.77. The Balaban J connectivity index is 1.75. The van der Waals surface area contributed by atoms with Gasteiger partial charge in [0.1, 0.15) is 28.7 Å². The van der Waals surface area contributed by atoms with Crippen LogP contribution in [0, 0.1) is 18.6 Å². The maximum absolute atomic E-state index is 14.0. The van der Waals surface area contributed by atoms with Gasteiger partial charge >= 0.3 is 0 Å². The largest absolute Gasteiger partial charge is 0.494 e. The van der Waals surface area contributed by atoms with Crippen LogP contribution in [0.15, 0.2) is 65.3 Å². The molecule has 7 heteroatoms. The predicted octanol–water partition coefficient (Wildman–Crippen LogP) is 7.53. The van der Waals surface area contributed by atoms with Crippen molar-refractivity contribution < 1.29 is 27.5 Å². The van der Waals surface area contributed by atoms with Gasteiger partial charge in [-0.3, -0.25) is 4.79 Å². The van der Waals surface area contributed by atoms with E-state index >= 15 is 0 Å². The molecule has 1 N–H and O–H groups in total. The maximum Gasteiger partial charge on any atom is 0.248 e. The second-order valence-corrected chi connectivity index (χ2v) is 8.24. The predicted molar refractivity (Wildman–Crippen MR) is 137 cm³/mol. The van der Waals surface area contributed by atoms with Crippen molar-refractivity contribution in [1.82, 2.24) is 0 Å². The molecule has 0 unspecified atom stereocenters. The van der Waals surface area contributed by atoms with E-state index in [4.69, 9.17) is 13.9 Å². The summed E-state index contributed by atoms with van der Waals surface area (Å²) < 4.78 is 44.9. The summed E-state index contributed by atoms with van der Waals surface area (Å²) in [7, 11) is 0. The average Bonchev–Trinajstić information content (AvgIpc) is 3.28. The Morgan fingerprint density at radius 3 is 2.44 bits per heavy atom. The van der Waals surface area contributed by atoms with Crippen molar-refractivity contribution in [1.29, 1.82) is 0 Å². The number of furan rings is 1. The second kappa shape index (κ2) is 10.6. The summed E-state index contributed by atoms with van der Waals surface area (Å²) in [6, 6.07) is 12.5. The number of anilines is 1. The summed E-state index contributed by atoms with van der Waals surface area (Å²) in [4.78, 5) is 12.7. The number of carbonyl (C=O) groups excluding carboxylic acids is 1. The fourth-order valence-corrected chi connectivity index (χ4v) is 4.10. The molecule has 4 rings (SSSR count). The summed E-state index contributed by atoms with van der Waals surface area (Å²) in [5, 5.41) is 3.26. The van der Waals surface area contributed by atoms with E-state index in [0.29, 0.717) is 35.7 Å². The number of allylic oxidation sites excluding steroid dienone is 1. The number of hydrogen-bond donors (Lipinski definition) is 1. The van der Waals surface area contributed by atoms with E-state index < -0.39 is 17.5 Å². The third kappa shape index (κ3) is 5.10. The van der Waals surface area contributed by atoms with Crippen LogP contribution in [0.5, 0.6) is 11.5 Å². The monoisotopic (exact) mass is 491 g/mol. The Morgan fingerprint density at radius 2 is 1.75 bits per heavy atom. The fraction of sp³-hybridized carbons (Fsp3) is 0.207. The molecule has 0 aliphatic carbocycles. The lowest BCUT2D eigenvalue weighted by Crippen LogP contribution is -2.10. The molecule has 0 aliphatic rings. The highest BCUT2D eigenvalue weighted by molar-refractivity contribution is 6.06. The van der Waals surface area contributed by atoms with Crippen LogP contribution in [0.1, 0.15) is 31.9 Å². The van der Waals surface area contributed by atoms with Crippen molar-refractivity contribution in [2.45, 2.75) is 27.7 Å². The highest BCUT2D eigenvalue weighted by atomic mass is 19.1. The van der Waals surface area contributed by atoms with Crippen molar-refractivity contribution in [3.05, 3.63) is 83.6 Å². The lowest BCUT2D eigenvalue weighted by Gasteiger charge is -2.15. The summed E-state index contributed by atoms with van der Waals surface area (Å²) in [5.41, 5.74) is 4.39. The van der Waals surface area contributed by atoms with Crippen LogP contribution < -0.4 is 14.8 Å². The average molecular weight is 492 g/mol. The number of hydrogen-bond acceptors (Lipinski definition) is 4. The van der Waals surface area contributed by atoms with Crippen LogP contribution in [0.3, 0.4) is 0 Å². The van der Waals surface area contributed by atoms with Gasteiger partial charge in [-0.25, -0.2) is 8.78 Å². The minimum atomic E-state index is -0.721. The van der Waals surface area contributed by atoms with E-state index in [1.54, 1.807) is 13.2 Å². The number of halogens is 2. The third-order valence-electron chi connectivity index (χ3n) is 5.77. The maximum atomic E-state index is 14.0. The van der Waals surface area contributed by atoms with E-state index in [9.17, 15) is 13.6 Å². The van der Waals surface area contributed by atoms with E-state index in [2.05, 4.69) is 5.32 Å². The second-order valence-electron chi connectivity index (χ2n) is 8.24. The molecular weight excluding hydrogens is 464 g/mol. The van der Waals surface area contributed by atoms with Crippen molar-refractivity contribution in [3.8, 4) is 22.6 Å². The molecule has 0 aliphatic heterocycles. The number of ether oxygens (including phenoxy) is 2. The number of fused-ring (bicyclic) bond motifs is 1. The number of benzene rings is 3. The Morgan fingerprint density at radius 1 is 1.03 bits per heavy atom. The Bertz CT molecular complexity index is 1440. The molecule has 0 radical (unpaired) electrons. The van der Waals surface area contributed by atoms with Crippen molar-refractivity contribution >= 4 is 28.1 Å². The first-order chi connectivity index (χ1) is 17.3. The van der Waals surface area contributed by atoms with Gasteiger partial charge in [-0.15, -0.1) is 0 Å². The van der Waals surface area contributed by atoms with Crippen LogP contribution in [0.2, 0.25) is 0 Å². The molecule has 0 spiro atoms. The van der Waals surface area contributed by atoms with E-state index in [0.717, 1.165) is 46.0 Å². The number of aryl methyl sites for hydroxylation is 1. The van der Waals surface area contributed by atoms with Crippen molar-refractivity contribution in [2.24, 2.45) is 0 Å². The van der Waals surface area contributed by atoms with Crippen LogP contribution in [0.4, 0.5) is 14.5 Å². The van der Waals surface area contributed by atoms with Gasteiger partial charge in [0.2, 0.25) is 5.91 Å². The number of nitrogens with one attached hydrogen (secondary N) is 1. The van der Waals surface area contributed by atoms with E-state index in [-0.39, 0.29) is 5.69 Å². The quantitative estimate of drug-likeness (QED) is 0.259. The van der Waals surface area contributed by atoms with Crippen LogP contribution >= 0.6 is 0 Å². The lowest BCUT2D eigenvalue weighted by atomic mass is 9.96. The van der Waals surface area contributed by atoms with Crippen molar-refractivity contribution in [3.63, 3.8) is 0 Å². The Kier molecular flexibility index (Phi) is 7.38. The smallest absolute Gasteiger partial charge is 0.248 e.